The highest BCUT2D eigenvalue weighted by atomic mass is 16.5. The van der Waals surface area contributed by atoms with Gasteiger partial charge < -0.3 is 9.84 Å². The first-order valence-electron chi connectivity index (χ1n) is 5.62. The van der Waals surface area contributed by atoms with Crippen molar-refractivity contribution < 1.29 is 14.6 Å². The van der Waals surface area contributed by atoms with Crippen LogP contribution >= 0.6 is 0 Å². The van der Waals surface area contributed by atoms with Crippen LogP contribution in [-0.2, 0) is 9.53 Å². The summed E-state index contributed by atoms with van der Waals surface area (Å²) in [4.78, 5) is 13.3. The number of ether oxygens (including phenoxy) is 1. The normalized spacial score (nSPS) is 24.9. The fraction of sp³-hybridized carbons (Fsp3) is 0.909. The van der Waals surface area contributed by atoms with Crippen molar-refractivity contribution in [1.29, 1.82) is 0 Å². The molecule has 4 heteroatoms. The lowest BCUT2D eigenvalue weighted by atomic mass is 9.97. The number of aliphatic hydroxyl groups excluding tert-OH is 1. The summed E-state index contributed by atoms with van der Waals surface area (Å²) >= 11 is 0. The molecule has 1 heterocycles. The second-order valence-electron chi connectivity index (χ2n) is 4.28. The molecule has 1 saturated heterocycles. The molecule has 0 spiro atoms. The third-order valence-corrected chi connectivity index (χ3v) is 2.92. The standard InChI is InChI=1S/C11H21NO3/c1-9(13)7-10-5-3-4-6-12(10)8-11(14)15-2/h9-10,13H,3-8H2,1-2H3. The molecule has 1 aliphatic rings. The lowest BCUT2D eigenvalue weighted by Gasteiger charge is -2.35. The average molecular weight is 215 g/mol. The molecule has 1 rings (SSSR count). The molecule has 88 valence electrons. The molecule has 0 amide bonds. The molecule has 0 radical (unpaired) electrons. The van der Waals surface area contributed by atoms with Gasteiger partial charge in [-0.2, -0.15) is 0 Å². The molecule has 0 bridgehead atoms. The summed E-state index contributed by atoms with van der Waals surface area (Å²) in [5.41, 5.74) is 0. The zero-order chi connectivity index (χ0) is 11.3. The summed E-state index contributed by atoms with van der Waals surface area (Å²) in [7, 11) is 1.41. The Morgan fingerprint density at radius 1 is 1.60 bits per heavy atom. The van der Waals surface area contributed by atoms with Crippen molar-refractivity contribution in [2.45, 2.75) is 44.8 Å². The van der Waals surface area contributed by atoms with E-state index in [9.17, 15) is 9.90 Å². The molecule has 0 aromatic carbocycles. The Hall–Kier alpha value is -0.610. The predicted octanol–water partition coefficient (Wildman–Crippen LogP) is 0.785. The van der Waals surface area contributed by atoms with Crippen molar-refractivity contribution in [2.75, 3.05) is 20.2 Å². The Balaban J connectivity index is 2.45. The zero-order valence-corrected chi connectivity index (χ0v) is 9.61. The smallest absolute Gasteiger partial charge is 0.319 e. The van der Waals surface area contributed by atoms with Crippen LogP contribution in [0, 0.1) is 0 Å². The molecule has 0 aliphatic carbocycles. The quantitative estimate of drug-likeness (QED) is 0.704. The molecule has 15 heavy (non-hydrogen) atoms. The summed E-state index contributed by atoms with van der Waals surface area (Å²) in [6.45, 7) is 3.09. The Morgan fingerprint density at radius 3 is 2.93 bits per heavy atom. The van der Waals surface area contributed by atoms with Gasteiger partial charge in [-0.05, 0) is 32.7 Å². The topological polar surface area (TPSA) is 49.8 Å². The van der Waals surface area contributed by atoms with E-state index in [1.165, 1.54) is 13.5 Å². The third-order valence-electron chi connectivity index (χ3n) is 2.92. The average Bonchev–Trinajstić information content (AvgIpc) is 2.20. The van der Waals surface area contributed by atoms with E-state index in [0.717, 1.165) is 25.8 Å². The first-order valence-corrected chi connectivity index (χ1v) is 5.62. The molecular weight excluding hydrogens is 194 g/mol. The number of aliphatic hydroxyl groups is 1. The summed E-state index contributed by atoms with van der Waals surface area (Å²) in [6.07, 6.45) is 3.84. The lowest BCUT2D eigenvalue weighted by Crippen LogP contribution is -2.44. The Bertz CT molecular complexity index is 206. The molecule has 0 aromatic rings. The molecule has 1 N–H and O–H groups in total. The van der Waals surface area contributed by atoms with Crippen LogP contribution in [0.4, 0.5) is 0 Å². The number of nitrogens with zero attached hydrogens (tertiary/aromatic N) is 1. The maximum absolute atomic E-state index is 11.2. The number of carbonyl (C=O) groups is 1. The van der Waals surface area contributed by atoms with E-state index in [2.05, 4.69) is 9.64 Å². The Labute approximate surface area is 91.2 Å². The van der Waals surface area contributed by atoms with Gasteiger partial charge in [0.2, 0.25) is 0 Å². The van der Waals surface area contributed by atoms with Crippen molar-refractivity contribution in [1.82, 2.24) is 4.90 Å². The number of piperidine rings is 1. The molecule has 1 fully saturated rings. The van der Waals surface area contributed by atoms with Crippen LogP contribution in [0.3, 0.4) is 0 Å². The van der Waals surface area contributed by atoms with Crippen molar-refractivity contribution in [3.8, 4) is 0 Å². The minimum absolute atomic E-state index is 0.188. The fourth-order valence-corrected chi connectivity index (χ4v) is 2.16. The van der Waals surface area contributed by atoms with E-state index in [1.54, 1.807) is 6.92 Å². The van der Waals surface area contributed by atoms with Gasteiger partial charge in [-0.25, -0.2) is 0 Å². The monoisotopic (exact) mass is 215 g/mol. The summed E-state index contributed by atoms with van der Waals surface area (Å²) in [5.74, 6) is -0.188. The number of carbonyl (C=O) groups excluding carboxylic acids is 1. The molecule has 1 aliphatic heterocycles. The SMILES string of the molecule is COC(=O)CN1CCCCC1CC(C)O. The fourth-order valence-electron chi connectivity index (χ4n) is 2.16. The number of rotatable bonds is 4. The second-order valence-corrected chi connectivity index (χ2v) is 4.28. The van der Waals surface area contributed by atoms with Gasteiger partial charge in [-0.15, -0.1) is 0 Å². The lowest BCUT2D eigenvalue weighted by molar-refractivity contribution is -0.143. The Morgan fingerprint density at radius 2 is 2.33 bits per heavy atom. The number of hydrogen-bond acceptors (Lipinski definition) is 4. The summed E-state index contributed by atoms with van der Waals surface area (Å²) in [6, 6.07) is 0.331. The van der Waals surface area contributed by atoms with Gasteiger partial charge >= 0.3 is 5.97 Å². The van der Waals surface area contributed by atoms with Crippen molar-refractivity contribution in [2.24, 2.45) is 0 Å². The number of likely N-dealkylation sites (tertiary alicyclic amines) is 1. The van der Waals surface area contributed by atoms with Crippen LogP contribution in [0.1, 0.15) is 32.6 Å². The maximum Gasteiger partial charge on any atom is 0.319 e. The van der Waals surface area contributed by atoms with E-state index in [1.807, 2.05) is 0 Å². The van der Waals surface area contributed by atoms with Crippen LogP contribution in [0.5, 0.6) is 0 Å². The van der Waals surface area contributed by atoms with Crippen molar-refractivity contribution >= 4 is 5.97 Å². The number of esters is 1. The van der Waals surface area contributed by atoms with Gasteiger partial charge in [-0.3, -0.25) is 9.69 Å². The van der Waals surface area contributed by atoms with Gasteiger partial charge in [0.15, 0.2) is 0 Å². The van der Waals surface area contributed by atoms with Crippen LogP contribution in [0.2, 0.25) is 0 Å². The molecule has 0 saturated carbocycles. The minimum atomic E-state index is -0.298. The van der Waals surface area contributed by atoms with Crippen LogP contribution in [-0.4, -0.2) is 48.3 Å². The van der Waals surface area contributed by atoms with Crippen LogP contribution in [0.25, 0.3) is 0 Å². The van der Waals surface area contributed by atoms with Gasteiger partial charge in [0.05, 0.1) is 19.8 Å². The highest BCUT2D eigenvalue weighted by molar-refractivity contribution is 5.71. The first-order chi connectivity index (χ1) is 7.13. The zero-order valence-electron chi connectivity index (χ0n) is 9.61. The van der Waals surface area contributed by atoms with Gasteiger partial charge in [-0.1, -0.05) is 6.42 Å². The van der Waals surface area contributed by atoms with Gasteiger partial charge in [0, 0.05) is 6.04 Å². The summed E-state index contributed by atoms with van der Waals surface area (Å²) < 4.78 is 4.66. The number of methoxy groups -OCH3 is 1. The van der Waals surface area contributed by atoms with E-state index >= 15 is 0 Å². The maximum atomic E-state index is 11.2. The third kappa shape index (κ3) is 4.18. The molecule has 2 atom stereocenters. The van der Waals surface area contributed by atoms with E-state index in [0.29, 0.717) is 12.6 Å². The van der Waals surface area contributed by atoms with Crippen molar-refractivity contribution in [3.63, 3.8) is 0 Å². The molecule has 4 nitrogen and oxygen atoms in total. The Kier molecular flexibility index (Phi) is 5.05. The van der Waals surface area contributed by atoms with Gasteiger partial charge in [0.1, 0.15) is 0 Å². The summed E-state index contributed by atoms with van der Waals surface area (Å²) in [5, 5.41) is 9.37. The van der Waals surface area contributed by atoms with Crippen LogP contribution < -0.4 is 0 Å². The number of hydrogen-bond donors (Lipinski definition) is 1. The highest BCUT2D eigenvalue weighted by Crippen LogP contribution is 2.20. The minimum Gasteiger partial charge on any atom is -0.468 e. The van der Waals surface area contributed by atoms with E-state index < -0.39 is 0 Å². The molecule has 2 unspecified atom stereocenters. The van der Waals surface area contributed by atoms with Crippen LogP contribution in [0.15, 0.2) is 0 Å². The second kappa shape index (κ2) is 6.08. The highest BCUT2D eigenvalue weighted by Gasteiger charge is 2.25. The largest absolute Gasteiger partial charge is 0.468 e. The molecule has 0 aromatic heterocycles. The molecular formula is C11H21NO3. The predicted molar refractivity (Wildman–Crippen MR) is 57.5 cm³/mol. The van der Waals surface area contributed by atoms with E-state index in [4.69, 9.17) is 0 Å². The first kappa shape index (κ1) is 12.5. The van der Waals surface area contributed by atoms with Gasteiger partial charge in [0.25, 0.3) is 0 Å². The van der Waals surface area contributed by atoms with Crippen molar-refractivity contribution in [3.05, 3.63) is 0 Å². The van der Waals surface area contributed by atoms with E-state index in [-0.39, 0.29) is 12.1 Å².